The molecule has 0 radical (unpaired) electrons. The van der Waals surface area contributed by atoms with Crippen LogP contribution in [0.4, 0.5) is 0 Å². The van der Waals surface area contributed by atoms with E-state index in [-0.39, 0.29) is 0 Å². The zero-order valence-electron chi connectivity index (χ0n) is 6.51. The van der Waals surface area contributed by atoms with Gasteiger partial charge < -0.3 is 0 Å². The Bertz CT molecular complexity index is 92.9. The monoisotopic (exact) mass is 254 g/mol. The summed E-state index contributed by atoms with van der Waals surface area (Å²) in [6, 6.07) is 0. The third-order valence-corrected chi connectivity index (χ3v) is 5.91. The molecule has 0 heterocycles. The van der Waals surface area contributed by atoms with Gasteiger partial charge in [0.15, 0.2) is 0 Å². The summed E-state index contributed by atoms with van der Waals surface area (Å²) in [5.41, 5.74) is 0. The Morgan fingerprint density at radius 3 is 2.60 bits per heavy atom. The van der Waals surface area contributed by atoms with Crippen molar-refractivity contribution in [3.63, 3.8) is 0 Å². The van der Waals surface area contributed by atoms with E-state index in [1.165, 1.54) is 36.6 Å². The van der Waals surface area contributed by atoms with Crippen LogP contribution < -0.4 is 0 Å². The van der Waals surface area contributed by atoms with Crippen molar-refractivity contribution in [1.82, 2.24) is 0 Å². The van der Waals surface area contributed by atoms with Crippen molar-refractivity contribution in [3.8, 4) is 0 Å². The third-order valence-electron chi connectivity index (χ3n) is 2.00. The standard InChI is InChI=1S/C9H16Te/c1-2-8-10-9-6-4-3-5-7-9/h2,9H,1,3-8H2. The maximum atomic E-state index is 3.78. The number of allylic oxidation sites excluding steroid dienone is 1. The average Bonchev–Trinajstić information content (AvgIpc) is 2.03. The Morgan fingerprint density at radius 1 is 1.30 bits per heavy atom. The van der Waals surface area contributed by atoms with Crippen molar-refractivity contribution in [2.24, 2.45) is 0 Å². The van der Waals surface area contributed by atoms with Crippen molar-refractivity contribution in [1.29, 1.82) is 0 Å². The van der Waals surface area contributed by atoms with E-state index in [9.17, 15) is 0 Å². The van der Waals surface area contributed by atoms with Crippen LogP contribution in [0.1, 0.15) is 32.1 Å². The molecule has 0 aromatic rings. The second kappa shape index (κ2) is 5.22. The average molecular weight is 252 g/mol. The zero-order valence-corrected chi connectivity index (χ0v) is 8.84. The van der Waals surface area contributed by atoms with Gasteiger partial charge in [-0.25, -0.2) is 0 Å². The molecular weight excluding hydrogens is 236 g/mol. The van der Waals surface area contributed by atoms with Gasteiger partial charge in [-0.2, -0.15) is 0 Å². The second-order valence-corrected chi connectivity index (χ2v) is 6.69. The Morgan fingerprint density at radius 2 is 2.00 bits per heavy atom. The summed E-state index contributed by atoms with van der Waals surface area (Å²) in [6.45, 7) is 3.78. The van der Waals surface area contributed by atoms with Gasteiger partial charge in [-0.3, -0.25) is 0 Å². The molecule has 0 aliphatic heterocycles. The van der Waals surface area contributed by atoms with Gasteiger partial charge in [0.1, 0.15) is 0 Å². The molecule has 1 aliphatic carbocycles. The Balaban J connectivity index is 2.07. The first-order valence-electron chi connectivity index (χ1n) is 4.16. The molecule has 0 atom stereocenters. The molecule has 10 heavy (non-hydrogen) atoms. The van der Waals surface area contributed by atoms with E-state index in [0.29, 0.717) is 20.9 Å². The molecule has 0 bridgehead atoms. The summed E-state index contributed by atoms with van der Waals surface area (Å²) < 4.78 is 2.52. The third kappa shape index (κ3) is 3.08. The first kappa shape index (κ1) is 8.62. The molecule has 1 rings (SSSR count). The molecule has 0 aromatic heterocycles. The fourth-order valence-corrected chi connectivity index (χ4v) is 4.50. The molecule has 0 aromatic carbocycles. The van der Waals surface area contributed by atoms with E-state index >= 15 is 0 Å². The van der Waals surface area contributed by atoms with Crippen LogP contribution in [0.15, 0.2) is 12.7 Å². The van der Waals surface area contributed by atoms with Gasteiger partial charge in [-0.1, -0.05) is 0 Å². The quantitative estimate of drug-likeness (QED) is 0.534. The van der Waals surface area contributed by atoms with Gasteiger partial charge >= 0.3 is 74.1 Å². The van der Waals surface area contributed by atoms with Crippen molar-refractivity contribution in [2.75, 3.05) is 0 Å². The van der Waals surface area contributed by atoms with E-state index < -0.39 is 0 Å². The van der Waals surface area contributed by atoms with Crippen LogP contribution in [0.3, 0.4) is 0 Å². The summed E-state index contributed by atoms with van der Waals surface area (Å²) in [5, 5.41) is 0. The minimum atomic E-state index is 0.321. The van der Waals surface area contributed by atoms with Gasteiger partial charge in [0.05, 0.1) is 0 Å². The Kier molecular flexibility index (Phi) is 4.50. The van der Waals surface area contributed by atoms with Crippen molar-refractivity contribution in [2.45, 2.75) is 40.5 Å². The number of hydrogen-bond acceptors (Lipinski definition) is 0. The van der Waals surface area contributed by atoms with E-state index in [1.54, 1.807) is 0 Å². The molecule has 0 amide bonds. The van der Waals surface area contributed by atoms with Crippen LogP contribution in [0, 0.1) is 0 Å². The van der Waals surface area contributed by atoms with Crippen LogP contribution in [0.25, 0.3) is 0 Å². The summed E-state index contributed by atoms with van der Waals surface area (Å²) >= 11 is 0.321. The predicted molar refractivity (Wildman–Crippen MR) is 47.6 cm³/mol. The first-order chi connectivity index (χ1) is 4.93. The Labute approximate surface area is 74.2 Å². The maximum absolute atomic E-state index is 3.78. The fourth-order valence-electron chi connectivity index (χ4n) is 1.44. The molecule has 1 heteroatoms. The van der Waals surface area contributed by atoms with E-state index in [2.05, 4.69) is 12.7 Å². The molecular formula is C9H16Te. The van der Waals surface area contributed by atoms with Gasteiger partial charge in [0.2, 0.25) is 0 Å². The van der Waals surface area contributed by atoms with Crippen molar-refractivity contribution in [3.05, 3.63) is 12.7 Å². The molecule has 0 nitrogen and oxygen atoms in total. The van der Waals surface area contributed by atoms with E-state index in [4.69, 9.17) is 0 Å². The van der Waals surface area contributed by atoms with E-state index in [1.807, 2.05) is 0 Å². The predicted octanol–water partition coefficient (Wildman–Crippen LogP) is 3.05. The van der Waals surface area contributed by atoms with Crippen molar-refractivity contribution < 1.29 is 0 Å². The molecule has 0 N–H and O–H groups in total. The summed E-state index contributed by atoms with van der Waals surface area (Å²) in [5.74, 6) is 0. The SMILES string of the molecule is C=CC[Te]C1CCCCC1. The number of hydrogen-bond donors (Lipinski definition) is 0. The van der Waals surface area contributed by atoms with E-state index in [0.717, 1.165) is 3.97 Å². The molecule has 1 aliphatic rings. The molecule has 1 saturated carbocycles. The van der Waals surface area contributed by atoms with Crippen LogP contribution in [-0.2, 0) is 0 Å². The van der Waals surface area contributed by atoms with Crippen LogP contribution in [0.5, 0.6) is 0 Å². The summed E-state index contributed by atoms with van der Waals surface area (Å²) in [7, 11) is 0. The fraction of sp³-hybridized carbons (Fsp3) is 0.778. The van der Waals surface area contributed by atoms with Crippen LogP contribution >= 0.6 is 0 Å². The van der Waals surface area contributed by atoms with Crippen molar-refractivity contribution >= 4 is 20.9 Å². The van der Waals surface area contributed by atoms with Gasteiger partial charge in [-0.05, 0) is 0 Å². The normalized spacial score (nSPS) is 20.8. The molecule has 0 unspecified atom stereocenters. The van der Waals surface area contributed by atoms with Gasteiger partial charge in [-0.15, -0.1) is 0 Å². The Hall–Kier alpha value is 0.530. The van der Waals surface area contributed by atoms with Crippen LogP contribution in [-0.4, -0.2) is 20.9 Å². The van der Waals surface area contributed by atoms with Gasteiger partial charge in [0.25, 0.3) is 0 Å². The van der Waals surface area contributed by atoms with Gasteiger partial charge in [0, 0.05) is 0 Å². The molecule has 0 spiro atoms. The summed E-state index contributed by atoms with van der Waals surface area (Å²) in [4.78, 5) is 0. The first-order valence-corrected chi connectivity index (χ1v) is 7.15. The van der Waals surface area contributed by atoms with Crippen LogP contribution in [0.2, 0.25) is 8.43 Å². The summed E-state index contributed by atoms with van der Waals surface area (Å²) in [6.07, 6.45) is 9.69. The topological polar surface area (TPSA) is 0 Å². The second-order valence-electron chi connectivity index (χ2n) is 2.88. The molecule has 0 saturated heterocycles. The number of rotatable bonds is 3. The molecule has 1 fully saturated rings. The molecule has 58 valence electrons. The minimum absolute atomic E-state index is 0.321. The zero-order chi connectivity index (χ0) is 7.23.